The van der Waals surface area contributed by atoms with Gasteiger partial charge in [-0.1, -0.05) is 163 Å². The number of fused-ring (bicyclic) bond motifs is 2. The molecule has 1 N–H and O–H groups in total. The first-order chi connectivity index (χ1) is 41.6. The molecule has 18 heteroatoms. The van der Waals surface area contributed by atoms with Gasteiger partial charge in [0.2, 0.25) is 0 Å². The Morgan fingerprint density at radius 3 is 1.57 bits per heavy atom. The van der Waals surface area contributed by atoms with Gasteiger partial charge in [-0.3, -0.25) is 19.3 Å². The number of carbonyl (C=O) groups is 3. The highest BCUT2D eigenvalue weighted by Gasteiger charge is 2.61. The van der Waals surface area contributed by atoms with Gasteiger partial charge in [-0.05, 0) is 88.1 Å². The van der Waals surface area contributed by atoms with Gasteiger partial charge in [-0.25, -0.2) is 0 Å². The summed E-state index contributed by atoms with van der Waals surface area (Å²) >= 11 is 1.29. The van der Waals surface area contributed by atoms with Crippen molar-refractivity contribution in [2.45, 2.75) is 170 Å². The van der Waals surface area contributed by atoms with E-state index in [-0.39, 0.29) is 50.8 Å². The monoisotopic (exact) mass is 1190 g/mol. The number of carbonyl (C=O) groups excluding carboxylic acids is 3. The second kappa shape index (κ2) is 27.5. The van der Waals surface area contributed by atoms with Gasteiger partial charge >= 0.3 is 5.97 Å². The molecule has 454 valence electrons. The van der Waals surface area contributed by atoms with Crippen LogP contribution in [0.3, 0.4) is 0 Å². The predicted molar refractivity (Wildman–Crippen MR) is 316 cm³/mol. The van der Waals surface area contributed by atoms with E-state index in [0.717, 1.165) is 27.1 Å². The Balaban J connectivity index is 1.05. The third-order valence-electron chi connectivity index (χ3n) is 15.7. The fourth-order valence-corrected chi connectivity index (χ4v) is 12.7. The first-order valence-electron chi connectivity index (χ1n) is 29.3. The van der Waals surface area contributed by atoms with Crippen LogP contribution >= 0.6 is 11.8 Å². The normalized spacial score (nSPS) is 29.8. The summed E-state index contributed by atoms with van der Waals surface area (Å²) in [4.78, 5) is 45.9. The fourth-order valence-electron chi connectivity index (χ4n) is 11.5. The molecule has 0 bridgehead atoms. The number of hydrogen-bond acceptors (Lipinski definition) is 17. The standard InChI is InChI=1S/C68H75NO16S/c1-42-54(75-37-44-26-14-8-15-27-44)59(76-38-45-28-16-9-17-29-45)60(77-39-46-30-18-10-19-31-46)64(79-42)83-57-52(69-61(71)48-34-22-23-35-49(48)62(69)72)65(86-47-32-20-11-21-33-47)81-50(40-74-36-43-24-12-7-13-25-43)55(57)82-63-53(70)58-56(84-68(5,6)85-58)51(80-63)41-78-66(73)67(2,3)4/h7-35,42,50-60,63-65,70H,36-41H2,1-6H3/t42-,50+,51+,52+,53+,54+,55+,56-,57+,58+,59+,60-,63-,64-,65-/m0/s1. The Kier molecular flexibility index (Phi) is 19.6. The molecule has 15 atom stereocenters. The zero-order chi connectivity index (χ0) is 60.0. The molecule has 86 heavy (non-hydrogen) atoms. The van der Waals surface area contributed by atoms with Crippen molar-refractivity contribution in [2.24, 2.45) is 5.41 Å². The predicted octanol–water partition coefficient (Wildman–Crippen LogP) is 9.85. The van der Waals surface area contributed by atoms with Crippen LogP contribution in [-0.4, -0.2) is 138 Å². The molecule has 0 spiro atoms. The van der Waals surface area contributed by atoms with Crippen molar-refractivity contribution in [3.63, 3.8) is 0 Å². The maximum Gasteiger partial charge on any atom is 0.311 e. The fraction of sp³-hybridized carbons (Fsp3) is 0.426. The highest BCUT2D eigenvalue weighted by atomic mass is 32.2. The molecule has 6 aromatic rings. The third-order valence-corrected chi connectivity index (χ3v) is 16.9. The van der Waals surface area contributed by atoms with Crippen LogP contribution in [0, 0.1) is 5.41 Å². The zero-order valence-corrected chi connectivity index (χ0v) is 49.9. The lowest BCUT2D eigenvalue weighted by atomic mass is 9.94. The highest BCUT2D eigenvalue weighted by Crippen LogP contribution is 2.45. The molecule has 0 aliphatic carbocycles. The van der Waals surface area contributed by atoms with E-state index in [1.54, 1.807) is 58.9 Å². The van der Waals surface area contributed by atoms with Gasteiger partial charge in [0, 0.05) is 4.90 Å². The van der Waals surface area contributed by atoms with Gasteiger partial charge in [-0.15, -0.1) is 0 Å². The van der Waals surface area contributed by atoms with Crippen molar-refractivity contribution in [3.05, 3.63) is 209 Å². The Hall–Kier alpha value is -6.20. The average molecular weight is 1190 g/mol. The van der Waals surface area contributed by atoms with Crippen LogP contribution in [-0.2, 0) is 88.1 Å². The summed E-state index contributed by atoms with van der Waals surface area (Å²) in [7, 11) is 0. The van der Waals surface area contributed by atoms with Crippen molar-refractivity contribution >= 4 is 29.5 Å². The molecule has 5 aliphatic heterocycles. The minimum atomic E-state index is -1.57. The van der Waals surface area contributed by atoms with Crippen LogP contribution in [0.5, 0.6) is 0 Å². The van der Waals surface area contributed by atoms with E-state index in [4.69, 9.17) is 56.8 Å². The second-order valence-electron chi connectivity index (χ2n) is 23.6. The van der Waals surface area contributed by atoms with Crippen molar-refractivity contribution < 1.29 is 76.3 Å². The van der Waals surface area contributed by atoms with Crippen LogP contribution in [0.15, 0.2) is 181 Å². The second-order valence-corrected chi connectivity index (χ2v) is 24.8. The van der Waals surface area contributed by atoms with Gasteiger partial charge < -0.3 is 61.9 Å². The SMILES string of the molecule is C[C@@H]1O[C@@H](O[C@H]2[C@H](O[C@@H]3O[C@H](COC(=O)C(C)(C)C)[C@@H]4OC(C)(C)O[C@@H]4[C@H]3O)[C@@H](COCc3ccccc3)O[C@@H](Sc3ccccc3)[C@@H]2N2C(=O)c3ccccc3C2=O)[C@@H](OCc2ccccc2)[C@H](OCc2ccccc2)[C@@H]1OCc1ccccc1. The summed E-state index contributed by atoms with van der Waals surface area (Å²) in [5.41, 5.74) is 2.01. The number of aliphatic hydroxyl groups excluding tert-OH is 1. The van der Waals surface area contributed by atoms with Gasteiger partial charge in [0.15, 0.2) is 18.4 Å². The van der Waals surface area contributed by atoms with Crippen LogP contribution in [0.4, 0.5) is 0 Å². The Labute approximate surface area is 506 Å². The van der Waals surface area contributed by atoms with Crippen LogP contribution < -0.4 is 0 Å². The van der Waals surface area contributed by atoms with E-state index in [0.29, 0.717) is 0 Å². The Morgan fingerprint density at radius 1 is 0.547 bits per heavy atom. The molecule has 4 saturated heterocycles. The number of ether oxygens (including phenoxy) is 12. The van der Waals surface area contributed by atoms with E-state index < -0.39 is 120 Å². The third kappa shape index (κ3) is 14.4. The van der Waals surface area contributed by atoms with E-state index in [1.807, 2.05) is 159 Å². The molecular formula is C68H75NO16S. The Bertz CT molecular complexity index is 3140. The van der Waals surface area contributed by atoms with Crippen molar-refractivity contribution in [3.8, 4) is 0 Å². The zero-order valence-electron chi connectivity index (χ0n) is 49.1. The lowest BCUT2D eigenvalue weighted by molar-refractivity contribution is -0.364. The van der Waals surface area contributed by atoms with Crippen molar-refractivity contribution in [1.29, 1.82) is 0 Å². The number of benzene rings is 6. The van der Waals surface area contributed by atoms with E-state index >= 15 is 9.59 Å². The van der Waals surface area contributed by atoms with Crippen LogP contribution in [0.25, 0.3) is 0 Å². The molecule has 2 amide bonds. The summed E-state index contributed by atoms with van der Waals surface area (Å²) in [5, 5.41) is 12.6. The lowest BCUT2D eigenvalue weighted by Gasteiger charge is -2.52. The maximum atomic E-state index is 15.3. The summed E-state index contributed by atoms with van der Waals surface area (Å²) in [6.07, 6.45) is -14.8. The van der Waals surface area contributed by atoms with Gasteiger partial charge in [0.05, 0.1) is 55.7 Å². The molecule has 0 saturated carbocycles. The number of aliphatic hydroxyl groups is 1. The number of esters is 1. The minimum absolute atomic E-state index is 0.0853. The number of nitrogens with zero attached hydrogens (tertiary/aromatic N) is 1. The maximum absolute atomic E-state index is 15.3. The largest absolute Gasteiger partial charge is 0.462 e. The van der Waals surface area contributed by atoms with E-state index in [9.17, 15) is 9.90 Å². The van der Waals surface area contributed by atoms with Gasteiger partial charge in [0.1, 0.15) is 79.1 Å². The highest BCUT2D eigenvalue weighted by molar-refractivity contribution is 7.99. The molecule has 6 aromatic carbocycles. The first kappa shape index (κ1) is 61.4. The molecule has 0 unspecified atom stereocenters. The molecule has 5 heterocycles. The van der Waals surface area contributed by atoms with E-state index in [2.05, 4.69) is 0 Å². The average Bonchev–Trinajstić information content (AvgIpc) is 1.58. The minimum Gasteiger partial charge on any atom is -0.462 e. The molecule has 11 rings (SSSR count). The number of rotatable bonds is 22. The molecule has 17 nitrogen and oxygen atoms in total. The number of imide groups is 1. The number of hydrogen-bond donors (Lipinski definition) is 1. The van der Waals surface area contributed by atoms with Gasteiger partial charge in [0.25, 0.3) is 11.8 Å². The molecule has 5 aliphatic rings. The summed E-state index contributed by atoms with van der Waals surface area (Å²) in [6.45, 7) is 10.8. The van der Waals surface area contributed by atoms with E-state index in [1.165, 1.54) is 16.7 Å². The van der Waals surface area contributed by atoms with Gasteiger partial charge in [-0.2, -0.15) is 0 Å². The molecule has 0 radical (unpaired) electrons. The first-order valence-corrected chi connectivity index (χ1v) is 30.2. The lowest BCUT2D eigenvalue weighted by Crippen LogP contribution is -2.69. The molecule has 4 fully saturated rings. The van der Waals surface area contributed by atoms with Crippen molar-refractivity contribution in [2.75, 3.05) is 13.2 Å². The number of amides is 2. The summed E-state index contributed by atoms with van der Waals surface area (Å²) in [6, 6.07) is 53.7. The van der Waals surface area contributed by atoms with Crippen LogP contribution in [0.2, 0.25) is 0 Å². The van der Waals surface area contributed by atoms with Crippen molar-refractivity contribution in [1.82, 2.24) is 4.90 Å². The quantitative estimate of drug-likeness (QED) is 0.0500. The number of thioether (sulfide) groups is 1. The molecule has 0 aromatic heterocycles. The topological polar surface area (TPSA) is 185 Å². The smallest absolute Gasteiger partial charge is 0.311 e. The summed E-state index contributed by atoms with van der Waals surface area (Å²) in [5.74, 6) is -2.86. The molecular weight excluding hydrogens is 1120 g/mol. The summed E-state index contributed by atoms with van der Waals surface area (Å²) < 4.78 is 82.3. The Morgan fingerprint density at radius 2 is 1.02 bits per heavy atom. The van der Waals surface area contributed by atoms with Crippen LogP contribution in [0.1, 0.15) is 84.5 Å².